The zero-order chi connectivity index (χ0) is 18.9. The lowest BCUT2D eigenvalue weighted by Gasteiger charge is -2.26. The minimum atomic E-state index is -0.299. The van der Waals surface area contributed by atoms with E-state index < -0.39 is 0 Å². The van der Waals surface area contributed by atoms with Crippen molar-refractivity contribution in [2.24, 2.45) is 0 Å². The number of carbonyl (C=O) groups is 2. The second kappa shape index (κ2) is 9.47. The Bertz CT molecular complexity index is 767. The Balaban J connectivity index is 1.28. The minimum Gasteiger partial charge on any atom is -0.486 e. The molecule has 0 unspecified atom stereocenters. The van der Waals surface area contributed by atoms with Crippen molar-refractivity contribution in [3.63, 3.8) is 0 Å². The average molecular weight is 369 g/mol. The molecular weight excluding hydrogens is 346 g/mol. The third-order valence-electron chi connectivity index (χ3n) is 4.03. The molecular formula is C20H23N3O4. The Morgan fingerprint density at radius 1 is 0.926 bits per heavy atom. The molecule has 142 valence electrons. The van der Waals surface area contributed by atoms with E-state index in [2.05, 4.69) is 16.0 Å². The highest BCUT2D eigenvalue weighted by Gasteiger charge is 2.20. The van der Waals surface area contributed by atoms with Gasteiger partial charge in [-0.1, -0.05) is 42.5 Å². The van der Waals surface area contributed by atoms with Crippen molar-refractivity contribution in [2.75, 3.05) is 19.7 Å². The molecule has 1 aliphatic rings. The van der Waals surface area contributed by atoms with Gasteiger partial charge in [-0.15, -0.1) is 0 Å². The Morgan fingerprint density at radius 3 is 2.48 bits per heavy atom. The van der Waals surface area contributed by atoms with Gasteiger partial charge < -0.3 is 25.4 Å². The van der Waals surface area contributed by atoms with Crippen LogP contribution in [0, 0.1) is 0 Å². The van der Waals surface area contributed by atoms with Crippen LogP contribution in [0.3, 0.4) is 0 Å². The first-order chi connectivity index (χ1) is 13.2. The second-order valence-corrected chi connectivity index (χ2v) is 6.15. The van der Waals surface area contributed by atoms with Crippen molar-refractivity contribution in [3.8, 4) is 11.5 Å². The monoisotopic (exact) mass is 369 g/mol. The van der Waals surface area contributed by atoms with E-state index in [9.17, 15) is 9.59 Å². The Kier molecular flexibility index (Phi) is 6.51. The van der Waals surface area contributed by atoms with Crippen LogP contribution in [0.2, 0.25) is 0 Å². The summed E-state index contributed by atoms with van der Waals surface area (Å²) in [6.07, 6.45) is -0.0332. The standard InChI is InChI=1S/C20H23N3O4/c24-19(10-11-21-20(25)23-12-15-6-2-1-3-7-15)22-13-16-14-26-17-8-4-5-9-18(17)27-16/h1-9,16H,10-14H2,(H,22,24)(H2,21,23,25)/t16-/m1/s1. The molecule has 2 aromatic rings. The second-order valence-electron chi connectivity index (χ2n) is 6.15. The first kappa shape index (κ1) is 18.6. The topological polar surface area (TPSA) is 88.7 Å². The zero-order valence-electron chi connectivity index (χ0n) is 14.9. The lowest BCUT2D eigenvalue weighted by Crippen LogP contribution is -2.42. The van der Waals surface area contributed by atoms with Crippen LogP contribution in [-0.4, -0.2) is 37.7 Å². The summed E-state index contributed by atoms with van der Waals surface area (Å²) >= 11 is 0. The van der Waals surface area contributed by atoms with Crippen molar-refractivity contribution < 1.29 is 19.1 Å². The first-order valence-electron chi connectivity index (χ1n) is 8.91. The number of rotatable bonds is 7. The normalized spacial score (nSPS) is 14.9. The fourth-order valence-corrected chi connectivity index (χ4v) is 2.61. The molecule has 7 nitrogen and oxygen atoms in total. The van der Waals surface area contributed by atoms with Crippen LogP contribution in [0.15, 0.2) is 54.6 Å². The summed E-state index contributed by atoms with van der Waals surface area (Å²) in [6, 6.07) is 16.8. The smallest absolute Gasteiger partial charge is 0.315 e. The number of urea groups is 1. The van der Waals surface area contributed by atoms with Gasteiger partial charge in [-0.3, -0.25) is 4.79 Å². The van der Waals surface area contributed by atoms with E-state index >= 15 is 0 Å². The van der Waals surface area contributed by atoms with Crippen LogP contribution < -0.4 is 25.4 Å². The van der Waals surface area contributed by atoms with E-state index in [1.165, 1.54) is 0 Å². The molecule has 0 spiro atoms. The quantitative estimate of drug-likeness (QED) is 0.695. The third kappa shape index (κ3) is 5.91. The van der Waals surface area contributed by atoms with E-state index in [0.717, 1.165) is 5.56 Å². The molecule has 27 heavy (non-hydrogen) atoms. The van der Waals surface area contributed by atoms with E-state index in [1.807, 2.05) is 54.6 Å². The number of fused-ring (bicyclic) bond motifs is 1. The Labute approximate surface area is 158 Å². The third-order valence-corrected chi connectivity index (χ3v) is 4.03. The summed E-state index contributed by atoms with van der Waals surface area (Å²) < 4.78 is 11.4. The van der Waals surface area contributed by atoms with Crippen LogP contribution in [0.1, 0.15) is 12.0 Å². The summed E-state index contributed by atoms with van der Waals surface area (Å²) in [5.74, 6) is 1.24. The van der Waals surface area contributed by atoms with Gasteiger partial charge in [-0.25, -0.2) is 4.79 Å². The van der Waals surface area contributed by atoms with Gasteiger partial charge in [0, 0.05) is 19.5 Å². The summed E-state index contributed by atoms with van der Waals surface area (Å²) in [7, 11) is 0. The highest BCUT2D eigenvalue weighted by atomic mass is 16.6. The van der Waals surface area contributed by atoms with Crippen LogP contribution in [0.25, 0.3) is 0 Å². The highest BCUT2D eigenvalue weighted by Crippen LogP contribution is 2.30. The fourth-order valence-electron chi connectivity index (χ4n) is 2.61. The molecule has 0 saturated carbocycles. The largest absolute Gasteiger partial charge is 0.486 e. The fraction of sp³-hybridized carbons (Fsp3) is 0.300. The molecule has 1 atom stereocenters. The molecule has 0 radical (unpaired) electrons. The van der Waals surface area contributed by atoms with Gasteiger partial charge in [0.25, 0.3) is 0 Å². The number of hydrogen-bond donors (Lipinski definition) is 3. The average Bonchev–Trinajstić information content (AvgIpc) is 2.71. The molecule has 1 aliphatic heterocycles. The maximum atomic E-state index is 11.9. The maximum Gasteiger partial charge on any atom is 0.315 e. The molecule has 7 heteroatoms. The Morgan fingerprint density at radius 2 is 1.67 bits per heavy atom. The molecule has 3 amide bonds. The van der Waals surface area contributed by atoms with Gasteiger partial charge >= 0.3 is 6.03 Å². The molecule has 0 aromatic heterocycles. The van der Waals surface area contributed by atoms with Crippen molar-refractivity contribution in [2.45, 2.75) is 19.1 Å². The molecule has 3 rings (SSSR count). The number of amides is 3. The molecule has 3 N–H and O–H groups in total. The van der Waals surface area contributed by atoms with E-state index in [1.54, 1.807) is 0 Å². The number of nitrogens with one attached hydrogen (secondary N) is 3. The van der Waals surface area contributed by atoms with Crippen molar-refractivity contribution in [1.82, 2.24) is 16.0 Å². The van der Waals surface area contributed by atoms with E-state index in [4.69, 9.17) is 9.47 Å². The molecule has 1 heterocycles. The van der Waals surface area contributed by atoms with Gasteiger partial charge in [0.15, 0.2) is 11.5 Å². The number of hydrogen-bond acceptors (Lipinski definition) is 4. The van der Waals surface area contributed by atoms with Gasteiger partial charge in [0.05, 0.1) is 6.54 Å². The van der Waals surface area contributed by atoms with E-state index in [0.29, 0.717) is 31.2 Å². The molecule has 2 aromatic carbocycles. The highest BCUT2D eigenvalue weighted by molar-refractivity contribution is 5.78. The number of carbonyl (C=O) groups excluding carboxylic acids is 2. The molecule has 0 fully saturated rings. The Hall–Kier alpha value is -3.22. The van der Waals surface area contributed by atoms with Crippen molar-refractivity contribution >= 4 is 11.9 Å². The number of benzene rings is 2. The number of para-hydroxylation sites is 2. The number of ether oxygens (including phenoxy) is 2. The van der Waals surface area contributed by atoms with E-state index in [-0.39, 0.29) is 31.0 Å². The van der Waals surface area contributed by atoms with Crippen molar-refractivity contribution in [3.05, 3.63) is 60.2 Å². The predicted molar refractivity (Wildman–Crippen MR) is 101 cm³/mol. The zero-order valence-corrected chi connectivity index (χ0v) is 14.9. The predicted octanol–water partition coefficient (Wildman–Crippen LogP) is 1.83. The molecule has 0 aliphatic carbocycles. The first-order valence-corrected chi connectivity index (χ1v) is 8.91. The minimum absolute atomic E-state index is 0.152. The van der Waals surface area contributed by atoms with Gasteiger partial charge in [0.1, 0.15) is 12.7 Å². The van der Waals surface area contributed by atoms with Crippen molar-refractivity contribution in [1.29, 1.82) is 0 Å². The van der Waals surface area contributed by atoms with Gasteiger partial charge in [0.2, 0.25) is 5.91 Å². The summed E-state index contributed by atoms with van der Waals surface area (Å²) in [5, 5.41) is 8.21. The molecule has 0 bridgehead atoms. The van der Waals surface area contributed by atoms with Crippen LogP contribution >= 0.6 is 0 Å². The van der Waals surface area contributed by atoms with Crippen LogP contribution in [0.4, 0.5) is 4.79 Å². The van der Waals surface area contributed by atoms with Crippen LogP contribution in [0.5, 0.6) is 11.5 Å². The molecule has 0 saturated heterocycles. The summed E-state index contributed by atoms with van der Waals surface area (Å²) in [5.41, 5.74) is 1.02. The van der Waals surface area contributed by atoms with Gasteiger partial charge in [-0.05, 0) is 17.7 Å². The maximum absolute atomic E-state index is 11.9. The summed E-state index contributed by atoms with van der Waals surface area (Å²) in [6.45, 7) is 1.45. The van der Waals surface area contributed by atoms with Crippen LogP contribution in [-0.2, 0) is 11.3 Å². The lowest BCUT2D eigenvalue weighted by molar-refractivity contribution is -0.121. The SMILES string of the molecule is O=C(CCNC(=O)NCc1ccccc1)NC[C@@H]1COc2ccccc2O1. The lowest BCUT2D eigenvalue weighted by atomic mass is 10.2. The van der Waals surface area contributed by atoms with Gasteiger partial charge in [-0.2, -0.15) is 0 Å². The summed E-state index contributed by atoms with van der Waals surface area (Å²) in [4.78, 5) is 23.6.